The van der Waals surface area contributed by atoms with E-state index in [-0.39, 0.29) is 0 Å². The molecule has 0 unspecified atom stereocenters. The fraction of sp³-hybridized carbons (Fsp3) is 0.462. The first-order valence-corrected chi connectivity index (χ1v) is 6.81. The van der Waals surface area contributed by atoms with E-state index in [9.17, 15) is 0 Å². The van der Waals surface area contributed by atoms with Gasteiger partial charge < -0.3 is 4.74 Å². The van der Waals surface area contributed by atoms with Gasteiger partial charge in [0.05, 0.1) is 17.7 Å². The van der Waals surface area contributed by atoms with Crippen LogP contribution in [0.1, 0.15) is 30.4 Å². The van der Waals surface area contributed by atoms with Crippen LogP contribution in [0.15, 0.2) is 6.07 Å². The Bertz CT molecular complexity index is 583. The fourth-order valence-electron chi connectivity index (χ4n) is 2.73. The summed E-state index contributed by atoms with van der Waals surface area (Å²) >= 11 is 6.33. The Morgan fingerprint density at radius 2 is 2.11 bits per heavy atom. The number of aromatic amines is 1. The summed E-state index contributed by atoms with van der Waals surface area (Å²) in [4.78, 5) is 0. The van der Waals surface area contributed by atoms with Gasteiger partial charge in [0.15, 0.2) is 0 Å². The molecule has 3 rings (SSSR count). The highest BCUT2D eigenvalue weighted by atomic mass is 35.5. The van der Waals surface area contributed by atoms with Crippen molar-refractivity contribution in [2.24, 2.45) is 0 Å². The highest BCUT2D eigenvalue weighted by molar-refractivity contribution is 6.32. The number of H-pyrrole nitrogens is 1. The highest BCUT2D eigenvalue weighted by Gasteiger charge is 2.23. The molecule has 1 heterocycles. The average molecular weight is 279 g/mol. The number of aryl methyl sites for hydroxylation is 1. The van der Waals surface area contributed by atoms with Gasteiger partial charge in [-0.3, -0.25) is 0 Å². The molecule has 1 aliphatic carbocycles. The topological polar surface area (TPSA) is 63.7 Å². The Hall–Kier alpha value is -1.62. The van der Waals surface area contributed by atoms with Gasteiger partial charge in [0.2, 0.25) is 5.82 Å². The molecule has 5 nitrogen and oxygen atoms in total. The number of aromatic nitrogens is 4. The maximum Gasteiger partial charge on any atom is 0.208 e. The van der Waals surface area contributed by atoms with Gasteiger partial charge >= 0.3 is 0 Å². The summed E-state index contributed by atoms with van der Waals surface area (Å²) in [6.07, 6.45) is 5.65. The minimum atomic E-state index is 0.553. The summed E-state index contributed by atoms with van der Waals surface area (Å²) in [5.74, 6) is 1.20. The zero-order chi connectivity index (χ0) is 13.2. The van der Waals surface area contributed by atoms with Crippen molar-refractivity contribution in [3.05, 3.63) is 22.2 Å². The normalized spacial score (nSPS) is 14.8. The lowest BCUT2D eigenvalue weighted by Gasteiger charge is -2.15. The molecule has 0 radical (unpaired) electrons. The first-order chi connectivity index (χ1) is 9.31. The van der Waals surface area contributed by atoms with Crippen LogP contribution in [-0.4, -0.2) is 27.7 Å². The second-order valence-electron chi connectivity index (χ2n) is 4.70. The van der Waals surface area contributed by atoms with E-state index in [1.165, 1.54) is 30.4 Å². The molecule has 100 valence electrons. The molecule has 0 amide bonds. The largest absolute Gasteiger partial charge is 0.494 e. The van der Waals surface area contributed by atoms with E-state index < -0.39 is 0 Å². The molecule has 1 aliphatic rings. The number of tetrazole rings is 1. The highest BCUT2D eigenvalue weighted by Crippen LogP contribution is 2.41. The number of halogens is 1. The third-order valence-corrected chi connectivity index (χ3v) is 3.86. The van der Waals surface area contributed by atoms with Crippen molar-refractivity contribution in [3.63, 3.8) is 0 Å². The Labute approximate surface area is 116 Å². The minimum Gasteiger partial charge on any atom is -0.494 e. The maximum absolute atomic E-state index is 6.33. The lowest BCUT2D eigenvalue weighted by atomic mass is 9.95. The first kappa shape index (κ1) is 12.4. The molecule has 2 aromatic rings. The molecule has 0 atom stereocenters. The molecule has 1 aromatic carbocycles. The van der Waals surface area contributed by atoms with Crippen molar-refractivity contribution >= 4 is 11.6 Å². The van der Waals surface area contributed by atoms with Crippen LogP contribution in [0.25, 0.3) is 11.4 Å². The predicted octanol–water partition coefficient (Wildman–Crippen LogP) is 2.80. The van der Waals surface area contributed by atoms with Crippen molar-refractivity contribution < 1.29 is 4.74 Å². The second kappa shape index (κ2) is 5.17. The van der Waals surface area contributed by atoms with Crippen LogP contribution in [0.5, 0.6) is 5.75 Å². The second-order valence-corrected chi connectivity index (χ2v) is 5.11. The minimum absolute atomic E-state index is 0.553. The zero-order valence-corrected chi connectivity index (χ0v) is 11.5. The first-order valence-electron chi connectivity index (χ1n) is 6.43. The number of nitrogens with one attached hydrogen (secondary N) is 1. The quantitative estimate of drug-likeness (QED) is 0.858. The summed E-state index contributed by atoms with van der Waals surface area (Å²) in [6.45, 7) is 0. The van der Waals surface area contributed by atoms with E-state index in [0.29, 0.717) is 16.6 Å². The maximum atomic E-state index is 6.33. The van der Waals surface area contributed by atoms with Gasteiger partial charge in [0.25, 0.3) is 0 Å². The van der Waals surface area contributed by atoms with E-state index in [0.717, 1.165) is 18.4 Å². The monoisotopic (exact) mass is 278 g/mol. The molecule has 0 saturated heterocycles. The van der Waals surface area contributed by atoms with Gasteiger partial charge in [-0.25, -0.2) is 0 Å². The van der Waals surface area contributed by atoms with Crippen LogP contribution in [0, 0.1) is 0 Å². The van der Waals surface area contributed by atoms with Crippen LogP contribution in [0.4, 0.5) is 0 Å². The molecule has 0 spiro atoms. The van der Waals surface area contributed by atoms with Gasteiger partial charge in [-0.05, 0) is 48.1 Å². The third-order valence-electron chi connectivity index (χ3n) is 3.58. The van der Waals surface area contributed by atoms with Crippen LogP contribution >= 0.6 is 11.6 Å². The van der Waals surface area contributed by atoms with Gasteiger partial charge in [0.1, 0.15) is 5.75 Å². The Kier molecular flexibility index (Phi) is 3.38. The van der Waals surface area contributed by atoms with E-state index in [4.69, 9.17) is 16.3 Å². The number of benzene rings is 1. The smallest absolute Gasteiger partial charge is 0.208 e. The van der Waals surface area contributed by atoms with Crippen LogP contribution in [-0.2, 0) is 12.8 Å². The molecular weight excluding hydrogens is 264 g/mol. The Balaban J connectivity index is 2.26. The summed E-state index contributed by atoms with van der Waals surface area (Å²) in [7, 11) is 1.62. The Morgan fingerprint density at radius 1 is 1.26 bits per heavy atom. The van der Waals surface area contributed by atoms with Crippen LogP contribution < -0.4 is 4.74 Å². The number of ether oxygens (including phenoxy) is 1. The number of nitrogens with zero attached hydrogens (tertiary/aromatic N) is 3. The molecule has 0 saturated carbocycles. The van der Waals surface area contributed by atoms with Gasteiger partial charge in [-0.1, -0.05) is 18.0 Å². The molecule has 19 heavy (non-hydrogen) atoms. The SMILES string of the molecule is COc1c(Cl)cc2c(c1-c1nn[nH]n1)CCCCC2. The zero-order valence-electron chi connectivity index (χ0n) is 10.7. The molecule has 1 N–H and O–H groups in total. The molecule has 0 fully saturated rings. The molecule has 6 heteroatoms. The summed E-state index contributed by atoms with van der Waals surface area (Å²) in [6, 6.07) is 2.02. The van der Waals surface area contributed by atoms with Gasteiger partial charge in [-0.15, -0.1) is 10.2 Å². The van der Waals surface area contributed by atoms with E-state index >= 15 is 0 Å². The van der Waals surface area contributed by atoms with Gasteiger partial charge in [0, 0.05) is 0 Å². The van der Waals surface area contributed by atoms with Crippen molar-refractivity contribution in [2.45, 2.75) is 32.1 Å². The summed E-state index contributed by atoms with van der Waals surface area (Å²) in [5, 5.41) is 14.9. The predicted molar refractivity (Wildman–Crippen MR) is 72.4 cm³/mol. The Morgan fingerprint density at radius 3 is 2.84 bits per heavy atom. The number of hydrogen-bond acceptors (Lipinski definition) is 4. The van der Waals surface area contributed by atoms with E-state index in [2.05, 4.69) is 20.6 Å². The van der Waals surface area contributed by atoms with Crippen molar-refractivity contribution in [3.8, 4) is 17.1 Å². The third kappa shape index (κ3) is 2.18. The summed E-state index contributed by atoms with van der Waals surface area (Å²) in [5.41, 5.74) is 3.42. The molecule has 0 bridgehead atoms. The van der Waals surface area contributed by atoms with Crippen molar-refractivity contribution in [1.82, 2.24) is 20.6 Å². The van der Waals surface area contributed by atoms with Crippen LogP contribution in [0.3, 0.4) is 0 Å². The molecule has 1 aromatic heterocycles. The van der Waals surface area contributed by atoms with E-state index in [1.807, 2.05) is 6.07 Å². The number of rotatable bonds is 2. The standard InChI is InChI=1S/C13H15ClN4O/c1-19-12-10(14)7-8-5-3-2-4-6-9(8)11(12)13-15-17-18-16-13/h7H,2-6H2,1H3,(H,15,16,17,18). The van der Waals surface area contributed by atoms with Gasteiger partial charge in [-0.2, -0.15) is 5.21 Å². The molecule has 0 aliphatic heterocycles. The lowest BCUT2D eigenvalue weighted by molar-refractivity contribution is 0.415. The summed E-state index contributed by atoms with van der Waals surface area (Å²) < 4.78 is 5.45. The number of fused-ring (bicyclic) bond motifs is 1. The van der Waals surface area contributed by atoms with Crippen molar-refractivity contribution in [1.29, 1.82) is 0 Å². The van der Waals surface area contributed by atoms with Crippen LogP contribution in [0.2, 0.25) is 5.02 Å². The fourth-order valence-corrected chi connectivity index (χ4v) is 3.03. The number of methoxy groups -OCH3 is 1. The lowest BCUT2D eigenvalue weighted by Crippen LogP contribution is -2.01. The van der Waals surface area contributed by atoms with E-state index in [1.54, 1.807) is 7.11 Å². The van der Waals surface area contributed by atoms with Crippen molar-refractivity contribution in [2.75, 3.05) is 7.11 Å². The number of hydrogen-bond donors (Lipinski definition) is 1. The molecular formula is C13H15ClN4O. The average Bonchev–Trinajstić information content (AvgIpc) is 2.83.